The lowest BCUT2D eigenvalue weighted by Gasteiger charge is -2.32. The first kappa shape index (κ1) is 26.5. The van der Waals surface area contributed by atoms with Crippen molar-refractivity contribution in [2.75, 3.05) is 0 Å². The van der Waals surface area contributed by atoms with Gasteiger partial charge in [-0.15, -0.1) is 0 Å². The molecular formula is C31H48O. The average Bonchev–Trinajstić information content (AvgIpc) is 2.80. The number of benzene rings is 2. The molecule has 0 amide bonds. The Labute approximate surface area is 198 Å². The number of rotatable bonds is 16. The second kappa shape index (κ2) is 14.4. The number of phenolic OH excluding ortho intramolecular Hbond substituents is 1. The van der Waals surface area contributed by atoms with Crippen LogP contribution in [0.15, 0.2) is 48.5 Å². The van der Waals surface area contributed by atoms with Crippen LogP contribution in [0, 0.1) is 0 Å². The summed E-state index contributed by atoms with van der Waals surface area (Å²) in [5.74, 6) is 0.988. The third-order valence-corrected chi connectivity index (χ3v) is 7.20. The van der Waals surface area contributed by atoms with Gasteiger partial charge in [0.05, 0.1) is 0 Å². The molecule has 0 spiro atoms. The van der Waals surface area contributed by atoms with Gasteiger partial charge >= 0.3 is 0 Å². The maximum atomic E-state index is 11.0. The molecule has 1 nitrogen and oxygen atoms in total. The molecule has 1 unspecified atom stereocenters. The van der Waals surface area contributed by atoms with E-state index in [0.717, 1.165) is 5.56 Å². The Balaban J connectivity index is 2.21. The number of phenols is 1. The van der Waals surface area contributed by atoms with E-state index in [4.69, 9.17) is 0 Å². The SMILES string of the molecule is CCCCCCCCCC(CCCCCC)c1cccc(O)c1C(C)(C)c1ccccc1. The molecule has 0 fully saturated rings. The van der Waals surface area contributed by atoms with E-state index in [1.165, 1.54) is 94.6 Å². The zero-order chi connectivity index (χ0) is 23.2. The summed E-state index contributed by atoms with van der Waals surface area (Å²) in [6.45, 7) is 9.10. The summed E-state index contributed by atoms with van der Waals surface area (Å²) in [7, 11) is 0. The molecule has 0 aliphatic carbocycles. The van der Waals surface area contributed by atoms with Crippen LogP contribution in [0.25, 0.3) is 0 Å². The zero-order valence-corrected chi connectivity index (χ0v) is 21.3. The van der Waals surface area contributed by atoms with Crippen LogP contribution in [0.3, 0.4) is 0 Å². The maximum Gasteiger partial charge on any atom is 0.119 e. The van der Waals surface area contributed by atoms with Gasteiger partial charge in [-0.1, -0.05) is 141 Å². The van der Waals surface area contributed by atoms with Gasteiger partial charge in [0.2, 0.25) is 0 Å². The quantitative estimate of drug-likeness (QED) is 0.259. The first-order valence-corrected chi connectivity index (χ1v) is 13.4. The highest BCUT2D eigenvalue weighted by atomic mass is 16.3. The van der Waals surface area contributed by atoms with Crippen molar-refractivity contribution in [1.82, 2.24) is 0 Å². The fraction of sp³-hybridized carbons (Fsp3) is 0.613. The van der Waals surface area contributed by atoms with E-state index in [1.807, 2.05) is 6.07 Å². The van der Waals surface area contributed by atoms with E-state index >= 15 is 0 Å². The monoisotopic (exact) mass is 436 g/mol. The average molecular weight is 437 g/mol. The third kappa shape index (κ3) is 7.98. The standard InChI is InChI=1S/C31H48O/c1-5-7-9-11-12-13-16-21-26(20-15-10-8-6-2)28-24-19-25-29(32)30(28)31(3,4)27-22-17-14-18-23-27/h14,17-19,22-26,32H,5-13,15-16,20-21H2,1-4H3. The Bertz CT molecular complexity index is 746. The summed E-state index contributed by atoms with van der Waals surface area (Å²) < 4.78 is 0. The van der Waals surface area contributed by atoms with E-state index in [-0.39, 0.29) is 5.41 Å². The molecule has 0 aliphatic heterocycles. The van der Waals surface area contributed by atoms with Gasteiger partial charge in [0.25, 0.3) is 0 Å². The van der Waals surface area contributed by atoms with Crippen LogP contribution in [0.1, 0.15) is 134 Å². The van der Waals surface area contributed by atoms with Crippen molar-refractivity contribution in [2.24, 2.45) is 0 Å². The fourth-order valence-electron chi connectivity index (χ4n) is 5.20. The van der Waals surface area contributed by atoms with Crippen LogP contribution < -0.4 is 0 Å². The van der Waals surface area contributed by atoms with Gasteiger partial charge in [0.1, 0.15) is 5.75 Å². The molecule has 0 saturated heterocycles. The molecule has 0 bridgehead atoms. The first-order valence-electron chi connectivity index (χ1n) is 13.4. The van der Waals surface area contributed by atoms with Gasteiger partial charge in [-0.3, -0.25) is 0 Å². The molecular weight excluding hydrogens is 388 g/mol. The van der Waals surface area contributed by atoms with Gasteiger partial charge in [-0.25, -0.2) is 0 Å². The van der Waals surface area contributed by atoms with Crippen LogP contribution in [-0.2, 0) is 5.41 Å². The van der Waals surface area contributed by atoms with E-state index in [1.54, 1.807) is 0 Å². The Hall–Kier alpha value is -1.76. The van der Waals surface area contributed by atoms with Crippen molar-refractivity contribution in [3.05, 3.63) is 65.2 Å². The van der Waals surface area contributed by atoms with Gasteiger partial charge in [-0.2, -0.15) is 0 Å². The highest BCUT2D eigenvalue weighted by molar-refractivity contribution is 5.51. The molecule has 32 heavy (non-hydrogen) atoms. The van der Waals surface area contributed by atoms with Crippen LogP contribution in [-0.4, -0.2) is 5.11 Å². The molecule has 0 radical (unpaired) electrons. The predicted octanol–water partition coefficient (Wildman–Crippen LogP) is 9.91. The van der Waals surface area contributed by atoms with E-state index < -0.39 is 0 Å². The Kier molecular flexibility index (Phi) is 11.9. The van der Waals surface area contributed by atoms with Crippen LogP contribution in [0.2, 0.25) is 0 Å². The van der Waals surface area contributed by atoms with Crippen molar-refractivity contribution >= 4 is 0 Å². The van der Waals surface area contributed by atoms with E-state index in [9.17, 15) is 5.11 Å². The fourth-order valence-corrected chi connectivity index (χ4v) is 5.20. The molecule has 178 valence electrons. The predicted molar refractivity (Wildman–Crippen MR) is 141 cm³/mol. The van der Waals surface area contributed by atoms with Crippen molar-refractivity contribution in [1.29, 1.82) is 0 Å². The lowest BCUT2D eigenvalue weighted by Crippen LogP contribution is -2.22. The minimum atomic E-state index is -0.218. The number of hydrogen-bond acceptors (Lipinski definition) is 1. The molecule has 0 aromatic heterocycles. The highest BCUT2D eigenvalue weighted by Crippen LogP contribution is 2.43. The third-order valence-electron chi connectivity index (χ3n) is 7.20. The summed E-state index contributed by atoms with van der Waals surface area (Å²) in [4.78, 5) is 0. The minimum absolute atomic E-state index is 0.218. The summed E-state index contributed by atoms with van der Waals surface area (Å²) in [6, 6.07) is 16.9. The number of unbranched alkanes of at least 4 members (excludes halogenated alkanes) is 9. The van der Waals surface area contributed by atoms with Crippen LogP contribution >= 0.6 is 0 Å². The number of aromatic hydroxyl groups is 1. The molecule has 2 aromatic rings. The molecule has 1 N–H and O–H groups in total. The molecule has 0 aliphatic rings. The summed E-state index contributed by atoms with van der Waals surface area (Å²) in [5.41, 5.74) is 3.56. The molecule has 2 aromatic carbocycles. The molecule has 0 saturated carbocycles. The highest BCUT2D eigenvalue weighted by Gasteiger charge is 2.31. The number of hydrogen-bond donors (Lipinski definition) is 1. The molecule has 0 heterocycles. The summed E-state index contributed by atoms with van der Waals surface area (Å²) in [5, 5.41) is 11.0. The Morgan fingerprint density at radius 1 is 0.656 bits per heavy atom. The Morgan fingerprint density at radius 3 is 1.78 bits per heavy atom. The molecule has 1 heteroatoms. The zero-order valence-electron chi connectivity index (χ0n) is 21.3. The van der Waals surface area contributed by atoms with Crippen molar-refractivity contribution in [2.45, 2.75) is 122 Å². The van der Waals surface area contributed by atoms with Crippen molar-refractivity contribution in [3.63, 3.8) is 0 Å². The normalized spacial score (nSPS) is 12.8. The topological polar surface area (TPSA) is 20.2 Å². The van der Waals surface area contributed by atoms with Gasteiger partial charge in [0, 0.05) is 11.0 Å². The van der Waals surface area contributed by atoms with Crippen LogP contribution in [0.5, 0.6) is 5.75 Å². The minimum Gasteiger partial charge on any atom is -0.508 e. The maximum absolute atomic E-state index is 11.0. The first-order chi connectivity index (χ1) is 15.5. The summed E-state index contributed by atoms with van der Waals surface area (Å²) in [6.07, 6.45) is 17.1. The van der Waals surface area contributed by atoms with Crippen molar-refractivity contribution < 1.29 is 5.11 Å². The smallest absolute Gasteiger partial charge is 0.119 e. The Morgan fingerprint density at radius 2 is 1.19 bits per heavy atom. The lowest BCUT2D eigenvalue weighted by atomic mass is 9.72. The van der Waals surface area contributed by atoms with Gasteiger partial charge in [0.15, 0.2) is 0 Å². The molecule has 2 rings (SSSR count). The van der Waals surface area contributed by atoms with E-state index in [0.29, 0.717) is 11.7 Å². The second-order valence-corrected chi connectivity index (χ2v) is 10.2. The second-order valence-electron chi connectivity index (χ2n) is 10.2. The van der Waals surface area contributed by atoms with Gasteiger partial charge in [-0.05, 0) is 36.0 Å². The summed E-state index contributed by atoms with van der Waals surface area (Å²) >= 11 is 0. The van der Waals surface area contributed by atoms with Crippen molar-refractivity contribution in [3.8, 4) is 5.75 Å². The van der Waals surface area contributed by atoms with Crippen LogP contribution in [0.4, 0.5) is 0 Å². The van der Waals surface area contributed by atoms with Gasteiger partial charge < -0.3 is 5.11 Å². The largest absolute Gasteiger partial charge is 0.508 e. The molecule has 1 atom stereocenters. The lowest BCUT2D eigenvalue weighted by molar-refractivity contribution is 0.440. The van der Waals surface area contributed by atoms with E-state index in [2.05, 4.69) is 70.2 Å².